The number of carbonyl (C=O) groups is 1. The van der Waals surface area contributed by atoms with Crippen LogP contribution >= 0.6 is 23.2 Å². The van der Waals surface area contributed by atoms with E-state index in [-0.39, 0.29) is 39.3 Å². The van der Waals surface area contributed by atoms with Crippen LogP contribution in [0.15, 0.2) is 71.1 Å². The van der Waals surface area contributed by atoms with Gasteiger partial charge in [-0.05, 0) is 68.0 Å². The summed E-state index contributed by atoms with van der Waals surface area (Å²) >= 11 is 12.0. The first-order valence-electron chi connectivity index (χ1n) is 10.3. The smallest absolute Gasteiger partial charge is 0.339 e. The summed E-state index contributed by atoms with van der Waals surface area (Å²) in [5.74, 6) is -0.595. The summed E-state index contributed by atoms with van der Waals surface area (Å²) in [6.45, 7) is 3.80. The van der Waals surface area contributed by atoms with Gasteiger partial charge in [0.2, 0.25) is 0 Å². The summed E-state index contributed by atoms with van der Waals surface area (Å²) in [6.07, 6.45) is 1.33. The Hall–Kier alpha value is -3.51. The van der Waals surface area contributed by atoms with Crippen molar-refractivity contribution in [1.82, 2.24) is 0 Å². The highest BCUT2D eigenvalue weighted by atomic mass is 35.5. The Morgan fingerprint density at radius 2 is 1.77 bits per heavy atom. The van der Waals surface area contributed by atoms with E-state index in [2.05, 4.69) is 5.32 Å². The molecule has 0 saturated heterocycles. The van der Waals surface area contributed by atoms with Crippen LogP contribution in [-0.4, -0.2) is 20.9 Å². The average Bonchev–Trinajstić information content (AvgIpc) is 2.81. The predicted molar refractivity (Wildman–Crippen MR) is 135 cm³/mol. The van der Waals surface area contributed by atoms with E-state index < -0.39 is 16.0 Å². The molecule has 0 atom stereocenters. The maximum absolute atomic E-state index is 12.7. The fourth-order valence-corrected chi connectivity index (χ4v) is 4.20. The van der Waals surface area contributed by atoms with Crippen LogP contribution in [0.2, 0.25) is 10.0 Å². The molecule has 0 saturated carbocycles. The van der Waals surface area contributed by atoms with Crippen LogP contribution in [0.3, 0.4) is 0 Å². The molecule has 10 heteroatoms. The summed E-state index contributed by atoms with van der Waals surface area (Å²) in [5.41, 5.74) is 1.36. The summed E-state index contributed by atoms with van der Waals surface area (Å²) in [6, 6.07) is 17.0. The van der Waals surface area contributed by atoms with Crippen molar-refractivity contribution >= 4 is 51.0 Å². The van der Waals surface area contributed by atoms with Gasteiger partial charge >= 0.3 is 10.1 Å². The number of ether oxygens (including phenoxy) is 1. The van der Waals surface area contributed by atoms with Crippen LogP contribution in [0.5, 0.6) is 11.5 Å². The molecule has 0 bridgehead atoms. The van der Waals surface area contributed by atoms with Crippen LogP contribution in [0.4, 0.5) is 5.69 Å². The summed E-state index contributed by atoms with van der Waals surface area (Å²) in [5, 5.41) is 12.7. The molecule has 180 valence electrons. The number of carbonyl (C=O) groups excluding carboxylic acids is 1. The van der Waals surface area contributed by atoms with Crippen molar-refractivity contribution in [3.8, 4) is 17.6 Å². The topological polar surface area (TPSA) is 105 Å². The zero-order chi connectivity index (χ0) is 25.6. The van der Waals surface area contributed by atoms with Gasteiger partial charge in [-0.15, -0.1) is 0 Å². The standard InChI is InChI=1S/C25H20Cl2N2O5S/c1-3-33-24-13-17(6-11-23(24)34-35(31,32)20-8-4-16(2)5-9-20)12-18(15-28)25(30)29-22-14-19(26)7-10-21(22)27/h4-14H,3H2,1-2H3,(H,29,30)/b18-12-. The lowest BCUT2D eigenvalue weighted by Crippen LogP contribution is -2.14. The minimum absolute atomic E-state index is 0.00219. The van der Waals surface area contributed by atoms with E-state index in [1.165, 1.54) is 48.5 Å². The van der Waals surface area contributed by atoms with E-state index >= 15 is 0 Å². The zero-order valence-corrected chi connectivity index (χ0v) is 21.0. The molecule has 7 nitrogen and oxygen atoms in total. The third-order valence-electron chi connectivity index (χ3n) is 4.63. The van der Waals surface area contributed by atoms with Crippen molar-refractivity contribution in [1.29, 1.82) is 5.26 Å². The molecule has 3 aromatic rings. The Morgan fingerprint density at radius 1 is 1.06 bits per heavy atom. The maximum Gasteiger partial charge on any atom is 0.339 e. The van der Waals surface area contributed by atoms with Gasteiger partial charge in [0, 0.05) is 5.02 Å². The van der Waals surface area contributed by atoms with E-state index in [0.717, 1.165) is 5.56 Å². The lowest BCUT2D eigenvalue weighted by molar-refractivity contribution is -0.112. The normalized spacial score (nSPS) is 11.5. The Labute approximate surface area is 213 Å². The highest BCUT2D eigenvalue weighted by Gasteiger charge is 2.20. The lowest BCUT2D eigenvalue weighted by Gasteiger charge is -2.13. The molecule has 0 aliphatic heterocycles. The van der Waals surface area contributed by atoms with Crippen molar-refractivity contribution in [2.75, 3.05) is 11.9 Å². The van der Waals surface area contributed by atoms with Crippen LogP contribution in [0.25, 0.3) is 6.08 Å². The number of amides is 1. The van der Waals surface area contributed by atoms with Gasteiger partial charge in [-0.25, -0.2) is 0 Å². The second kappa shape index (κ2) is 11.3. The van der Waals surface area contributed by atoms with Crippen molar-refractivity contribution in [3.05, 3.63) is 87.4 Å². The van der Waals surface area contributed by atoms with E-state index in [4.69, 9.17) is 32.1 Å². The zero-order valence-electron chi connectivity index (χ0n) is 18.7. The van der Waals surface area contributed by atoms with Gasteiger partial charge in [-0.1, -0.05) is 47.0 Å². The van der Waals surface area contributed by atoms with Crippen molar-refractivity contribution < 1.29 is 22.1 Å². The van der Waals surface area contributed by atoms with Gasteiger partial charge in [0.15, 0.2) is 11.5 Å². The molecule has 0 aliphatic rings. The molecule has 35 heavy (non-hydrogen) atoms. The Morgan fingerprint density at radius 3 is 2.43 bits per heavy atom. The van der Waals surface area contributed by atoms with Crippen LogP contribution in [-0.2, 0) is 14.9 Å². The van der Waals surface area contributed by atoms with Crippen molar-refractivity contribution in [2.45, 2.75) is 18.7 Å². The van der Waals surface area contributed by atoms with Crippen LogP contribution in [0, 0.1) is 18.3 Å². The first-order chi connectivity index (χ1) is 16.6. The maximum atomic E-state index is 12.7. The average molecular weight is 531 g/mol. The number of nitrogens with zero attached hydrogens (tertiary/aromatic N) is 1. The van der Waals surface area contributed by atoms with E-state index in [9.17, 15) is 18.5 Å². The van der Waals surface area contributed by atoms with E-state index in [1.54, 1.807) is 25.1 Å². The molecule has 0 spiro atoms. The highest BCUT2D eigenvalue weighted by Crippen LogP contribution is 2.32. The van der Waals surface area contributed by atoms with Crippen LogP contribution in [0.1, 0.15) is 18.1 Å². The molecular formula is C25H20Cl2N2O5S. The number of hydrogen-bond acceptors (Lipinski definition) is 6. The number of nitrogens with one attached hydrogen (secondary N) is 1. The summed E-state index contributed by atoms with van der Waals surface area (Å²) in [7, 11) is -4.10. The molecule has 3 aromatic carbocycles. The number of benzene rings is 3. The molecule has 0 aromatic heterocycles. The van der Waals surface area contributed by atoms with Gasteiger partial charge in [-0.2, -0.15) is 13.7 Å². The quantitative estimate of drug-likeness (QED) is 0.217. The van der Waals surface area contributed by atoms with Gasteiger partial charge in [0.1, 0.15) is 16.5 Å². The largest absolute Gasteiger partial charge is 0.490 e. The lowest BCUT2D eigenvalue weighted by atomic mass is 10.1. The molecule has 0 radical (unpaired) electrons. The first-order valence-corrected chi connectivity index (χ1v) is 12.5. The predicted octanol–water partition coefficient (Wildman–Crippen LogP) is 6.01. The molecule has 0 aliphatic carbocycles. The van der Waals surface area contributed by atoms with Crippen molar-refractivity contribution in [2.24, 2.45) is 0 Å². The molecule has 0 fully saturated rings. The number of nitriles is 1. The van der Waals surface area contributed by atoms with E-state index in [1.807, 2.05) is 13.0 Å². The molecular weight excluding hydrogens is 511 g/mol. The number of halogens is 2. The fourth-order valence-electron chi connectivity index (χ4n) is 2.92. The third-order valence-corrected chi connectivity index (χ3v) is 6.44. The number of hydrogen-bond donors (Lipinski definition) is 1. The second-order valence-electron chi connectivity index (χ2n) is 7.24. The van der Waals surface area contributed by atoms with Gasteiger partial charge in [-0.3, -0.25) is 4.79 Å². The monoisotopic (exact) mass is 530 g/mol. The SMILES string of the molecule is CCOc1cc(/C=C(/C#N)C(=O)Nc2cc(Cl)ccc2Cl)ccc1OS(=O)(=O)c1ccc(C)cc1. The molecule has 0 heterocycles. The molecule has 0 unspecified atom stereocenters. The number of anilines is 1. The Balaban J connectivity index is 1.89. The molecule has 1 amide bonds. The summed E-state index contributed by atoms with van der Waals surface area (Å²) < 4.78 is 36.2. The van der Waals surface area contributed by atoms with Crippen molar-refractivity contribution in [3.63, 3.8) is 0 Å². The third kappa shape index (κ3) is 6.76. The highest BCUT2D eigenvalue weighted by molar-refractivity contribution is 7.87. The fraction of sp³-hybridized carbons (Fsp3) is 0.120. The van der Waals surface area contributed by atoms with Gasteiger partial charge in [0.25, 0.3) is 5.91 Å². The number of rotatable bonds is 8. The Bertz CT molecular complexity index is 1430. The number of aryl methyl sites for hydroxylation is 1. The first kappa shape index (κ1) is 26.1. The molecule has 1 N–H and O–H groups in total. The van der Waals surface area contributed by atoms with Crippen LogP contribution < -0.4 is 14.2 Å². The summed E-state index contributed by atoms with van der Waals surface area (Å²) in [4.78, 5) is 12.6. The second-order valence-corrected chi connectivity index (χ2v) is 9.63. The van der Waals surface area contributed by atoms with Gasteiger partial charge < -0.3 is 14.2 Å². The molecule has 3 rings (SSSR count). The van der Waals surface area contributed by atoms with Gasteiger partial charge in [0.05, 0.1) is 17.3 Å². The minimum atomic E-state index is -4.10. The van der Waals surface area contributed by atoms with E-state index in [0.29, 0.717) is 10.6 Å². The minimum Gasteiger partial charge on any atom is -0.490 e. The Kier molecular flexibility index (Phi) is 8.41.